The Morgan fingerprint density at radius 1 is 1.26 bits per heavy atom. The molecule has 3 heterocycles. The topological polar surface area (TPSA) is 45.2 Å². The van der Waals surface area contributed by atoms with Gasteiger partial charge in [0.1, 0.15) is 5.82 Å². The highest BCUT2D eigenvalue weighted by atomic mass is 32.1. The molecule has 23 heavy (non-hydrogen) atoms. The molecule has 0 radical (unpaired) electrons. The van der Waals surface area contributed by atoms with Gasteiger partial charge in [-0.1, -0.05) is 0 Å². The molecule has 1 atom stereocenters. The van der Waals surface area contributed by atoms with Gasteiger partial charge in [0.15, 0.2) is 0 Å². The summed E-state index contributed by atoms with van der Waals surface area (Å²) in [5.41, 5.74) is 5.13. The maximum Gasteiger partial charge on any atom is 0.150 e. The zero-order valence-corrected chi connectivity index (χ0v) is 15.2. The first-order chi connectivity index (χ1) is 11.0. The van der Waals surface area contributed by atoms with E-state index in [1.165, 1.54) is 17.0 Å². The van der Waals surface area contributed by atoms with Crippen molar-refractivity contribution >= 4 is 17.2 Å². The van der Waals surface area contributed by atoms with Crippen molar-refractivity contribution in [1.29, 1.82) is 0 Å². The van der Waals surface area contributed by atoms with Gasteiger partial charge in [0.25, 0.3) is 0 Å². The van der Waals surface area contributed by atoms with Gasteiger partial charge in [-0.25, -0.2) is 9.97 Å². The molecular weight excluding hydrogens is 306 g/mol. The quantitative estimate of drug-likeness (QED) is 0.843. The van der Waals surface area contributed by atoms with E-state index in [0.717, 1.165) is 43.4 Å². The molecule has 0 spiro atoms. The maximum absolute atomic E-state index is 4.68. The van der Waals surface area contributed by atoms with Crippen molar-refractivity contribution in [2.75, 3.05) is 31.6 Å². The Balaban J connectivity index is 1.57. The molecule has 0 unspecified atom stereocenters. The zero-order chi connectivity index (χ0) is 16.4. The van der Waals surface area contributed by atoms with Crippen LogP contribution in [0, 0.1) is 26.7 Å². The number of aryl methyl sites for hydroxylation is 3. The monoisotopic (exact) mass is 331 g/mol. The number of hydrogen-bond acceptors (Lipinski definition) is 6. The molecule has 3 rings (SSSR count). The Kier molecular flexibility index (Phi) is 4.92. The summed E-state index contributed by atoms with van der Waals surface area (Å²) in [6, 6.07) is 0. The van der Waals surface area contributed by atoms with Crippen LogP contribution in [0.5, 0.6) is 0 Å². The van der Waals surface area contributed by atoms with Crippen LogP contribution in [-0.4, -0.2) is 46.5 Å². The second-order valence-corrected chi connectivity index (χ2v) is 7.52. The van der Waals surface area contributed by atoms with Crippen molar-refractivity contribution in [2.45, 2.75) is 33.7 Å². The molecule has 6 heteroatoms. The summed E-state index contributed by atoms with van der Waals surface area (Å²) in [6.45, 7) is 10.4. The Hall–Kier alpha value is -1.53. The lowest BCUT2D eigenvalue weighted by molar-refractivity contribution is 0.281. The van der Waals surface area contributed by atoms with E-state index in [9.17, 15) is 0 Å². The van der Waals surface area contributed by atoms with Crippen LogP contribution in [0.1, 0.15) is 28.4 Å². The lowest BCUT2D eigenvalue weighted by Crippen LogP contribution is -2.28. The van der Waals surface area contributed by atoms with E-state index in [0.29, 0.717) is 5.92 Å². The van der Waals surface area contributed by atoms with E-state index >= 15 is 0 Å². The average Bonchev–Trinajstić information content (AvgIpc) is 3.12. The molecule has 1 aliphatic heterocycles. The van der Waals surface area contributed by atoms with Crippen molar-refractivity contribution in [3.63, 3.8) is 0 Å². The molecule has 0 aliphatic carbocycles. The van der Waals surface area contributed by atoms with Crippen molar-refractivity contribution in [1.82, 2.24) is 19.9 Å². The minimum atomic E-state index is 0.690. The van der Waals surface area contributed by atoms with Gasteiger partial charge in [-0.3, -0.25) is 4.98 Å². The Morgan fingerprint density at radius 3 is 2.83 bits per heavy atom. The molecular formula is C17H25N5S. The highest BCUT2D eigenvalue weighted by molar-refractivity contribution is 7.09. The third-order valence-corrected chi connectivity index (χ3v) is 5.38. The zero-order valence-electron chi connectivity index (χ0n) is 14.4. The van der Waals surface area contributed by atoms with E-state index in [1.54, 1.807) is 11.3 Å². The number of rotatable bonds is 5. The van der Waals surface area contributed by atoms with Crippen LogP contribution in [0.3, 0.4) is 0 Å². The smallest absolute Gasteiger partial charge is 0.150 e. The molecule has 0 saturated carbocycles. The van der Waals surface area contributed by atoms with Crippen molar-refractivity contribution in [3.8, 4) is 0 Å². The van der Waals surface area contributed by atoms with Crippen LogP contribution >= 0.6 is 11.3 Å². The maximum atomic E-state index is 4.68. The molecule has 1 saturated heterocycles. The summed E-state index contributed by atoms with van der Waals surface area (Å²) in [7, 11) is 2.21. The summed E-state index contributed by atoms with van der Waals surface area (Å²) in [6.07, 6.45) is 3.07. The first-order valence-corrected chi connectivity index (χ1v) is 9.03. The summed E-state index contributed by atoms with van der Waals surface area (Å²) in [5, 5.41) is 0. The van der Waals surface area contributed by atoms with Crippen LogP contribution in [0.2, 0.25) is 0 Å². The minimum Gasteiger partial charge on any atom is -0.355 e. The molecule has 1 fully saturated rings. The van der Waals surface area contributed by atoms with Crippen molar-refractivity contribution in [3.05, 3.63) is 33.7 Å². The largest absolute Gasteiger partial charge is 0.355 e. The second kappa shape index (κ2) is 6.93. The van der Waals surface area contributed by atoms with Gasteiger partial charge < -0.3 is 9.80 Å². The summed E-state index contributed by atoms with van der Waals surface area (Å²) < 4.78 is 0. The SMILES string of the molecule is Cc1cnc(C)c(N2CC[C@H](CN(C)Cc3scnc3C)C2)n1. The Bertz CT molecular complexity index is 669. The molecule has 5 nitrogen and oxygen atoms in total. The number of nitrogens with zero attached hydrogens (tertiary/aromatic N) is 5. The molecule has 124 valence electrons. The van der Waals surface area contributed by atoms with Crippen molar-refractivity contribution in [2.24, 2.45) is 5.92 Å². The minimum absolute atomic E-state index is 0.690. The predicted octanol–water partition coefficient (Wildman–Crippen LogP) is 2.82. The Labute approximate surface area is 142 Å². The number of aromatic nitrogens is 3. The van der Waals surface area contributed by atoms with Gasteiger partial charge in [-0.15, -0.1) is 11.3 Å². The average molecular weight is 331 g/mol. The van der Waals surface area contributed by atoms with Crippen LogP contribution < -0.4 is 4.90 Å². The molecule has 1 aliphatic rings. The molecule has 0 aromatic carbocycles. The van der Waals surface area contributed by atoms with E-state index in [-0.39, 0.29) is 0 Å². The van der Waals surface area contributed by atoms with Gasteiger partial charge >= 0.3 is 0 Å². The van der Waals surface area contributed by atoms with Gasteiger partial charge in [0.05, 0.1) is 22.6 Å². The molecule has 0 bridgehead atoms. The number of hydrogen-bond donors (Lipinski definition) is 0. The summed E-state index contributed by atoms with van der Waals surface area (Å²) >= 11 is 1.76. The van der Waals surface area contributed by atoms with Gasteiger partial charge in [0.2, 0.25) is 0 Å². The van der Waals surface area contributed by atoms with Crippen molar-refractivity contribution < 1.29 is 0 Å². The third-order valence-electron chi connectivity index (χ3n) is 4.46. The highest BCUT2D eigenvalue weighted by Crippen LogP contribution is 2.25. The number of thiazole rings is 1. The van der Waals surface area contributed by atoms with E-state index < -0.39 is 0 Å². The second-order valence-electron chi connectivity index (χ2n) is 6.58. The fraction of sp³-hybridized carbons (Fsp3) is 0.588. The van der Waals surface area contributed by atoms with Crippen LogP contribution in [0.25, 0.3) is 0 Å². The van der Waals surface area contributed by atoms with E-state index in [2.05, 4.69) is 38.7 Å². The predicted molar refractivity (Wildman–Crippen MR) is 95.0 cm³/mol. The summed E-state index contributed by atoms with van der Waals surface area (Å²) in [5.74, 6) is 1.75. The first kappa shape index (κ1) is 16.3. The molecule has 2 aromatic rings. The normalized spacial score (nSPS) is 18.1. The lowest BCUT2D eigenvalue weighted by Gasteiger charge is -2.22. The van der Waals surface area contributed by atoms with E-state index in [1.807, 2.05) is 25.6 Å². The fourth-order valence-corrected chi connectivity index (χ4v) is 4.08. The van der Waals surface area contributed by atoms with E-state index in [4.69, 9.17) is 0 Å². The lowest BCUT2D eigenvalue weighted by atomic mass is 10.1. The van der Waals surface area contributed by atoms with Gasteiger partial charge in [0, 0.05) is 37.3 Å². The Morgan fingerprint density at radius 2 is 2.09 bits per heavy atom. The molecule has 0 N–H and O–H groups in total. The van der Waals surface area contributed by atoms with Gasteiger partial charge in [-0.05, 0) is 40.2 Å². The summed E-state index contributed by atoms with van der Waals surface area (Å²) in [4.78, 5) is 19.7. The van der Waals surface area contributed by atoms with Crippen LogP contribution in [0.4, 0.5) is 5.82 Å². The number of anilines is 1. The fourth-order valence-electron chi connectivity index (χ4n) is 3.23. The highest BCUT2D eigenvalue weighted by Gasteiger charge is 2.26. The van der Waals surface area contributed by atoms with Crippen LogP contribution in [0.15, 0.2) is 11.7 Å². The molecule has 2 aromatic heterocycles. The van der Waals surface area contributed by atoms with Gasteiger partial charge in [-0.2, -0.15) is 0 Å². The third kappa shape index (κ3) is 3.87. The first-order valence-electron chi connectivity index (χ1n) is 8.15. The molecule has 0 amide bonds. The standard InChI is InChI=1S/C17H25N5S/c1-12-7-18-14(3)17(20-12)22-6-5-15(9-22)8-21(4)10-16-13(2)19-11-23-16/h7,11,15H,5-6,8-10H2,1-4H3/t15-/m1/s1. The van der Waals surface area contributed by atoms with Crippen LogP contribution in [-0.2, 0) is 6.54 Å².